The van der Waals surface area contributed by atoms with Gasteiger partial charge in [0.1, 0.15) is 5.82 Å². The number of hydrogen-bond donors (Lipinski definition) is 1. The van der Waals surface area contributed by atoms with Crippen LogP contribution in [0.25, 0.3) is 0 Å². The number of aromatic nitrogens is 2. The molecule has 1 heterocycles. The molecular weight excluding hydrogens is 234 g/mol. The van der Waals surface area contributed by atoms with E-state index in [4.69, 9.17) is 11.6 Å². The smallest absolute Gasteiger partial charge is 0.145 e. The third-order valence-electron chi connectivity index (χ3n) is 2.49. The third kappa shape index (κ3) is 2.94. The Morgan fingerprint density at radius 2 is 2.00 bits per heavy atom. The van der Waals surface area contributed by atoms with E-state index in [2.05, 4.69) is 15.3 Å². The van der Waals surface area contributed by atoms with Crippen molar-refractivity contribution in [3.8, 4) is 0 Å². The van der Waals surface area contributed by atoms with Crippen LogP contribution in [-0.4, -0.2) is 9.97 Å². The van der Waals surface area contributed by atoms with Crippen molar-refractivity contribution < 1.29 is 0 Å². The molecule has 1 aromatic heterocycles. The maximum absolute atomic E-state index is 6.14. The molecule has 4 heteroatoms. The van der Waals surface area contributed by atoms with Gasteiger partial charge in [-0.1, -0.05) is 29.8 Å². The van der Waals surface area contributed by atoms with Crippen molar-refractivity contribution in [3.05, 3.63) is 52.9 Å². The number of hydrogen-bond acceptors (Lipinski definition) is 3. The Hall–Kier alpha value is -1.61. The fourth-order valence-corrected chi connectivity index (χ4v) is 1.96. The van der Waals surface area contributed by atoms with E-state index in [-0.39, 0.29) is 6.04 Å². The summed E-state index contributed by atoms with van der Waals surface area (Å²) in [5, 5.41) is 4.04. The highest BCUT2D eigenvalue weighted by atomic mass is 35.5. The number of rotatable bonds is 3. The van der Waals surface area contributed by atoms with Gasteiger partial charge in [-0.15, -0.1) is 0 Å². The molecule has 0 spiro atoms. The summed E-state index contributed by atoms with van der Waals surface area (Å²) >= 11 is 6.14. The Bertz CT molecular complexity index is 514. The van der Waals surface area contributed by atoms with Crippen LogP contribution in [0, 0.1) is 6.92 Å². The van der Waals surface area contributed by atoms with Gasteiger partial charge in [-0.25, -0.2) is 4.98 Å². The highest BCUT2D eigenvalue weighted by Crippen LogP contribution is 2.24. The molecule has 0 saturated carbocycles. The minimum absolute atomic E-state index is 0.0970. The zero-order valence-electron chi connectivity index (χ0n) is 9.81. The Labute approximate surface area is 106 Å². The van der Waals surface area contributed by atoms with Gasteiger partial charge in [0, 0.05) is 11.2 Å². The number of benzene rings is 1. The maximum Gasteiger partial charge on any atom is 0.145 e. The molecule has 3 nitrogen and oxygen atoms in total. The fourth-order valence-electron chi connectivity index (χ4n) is 1.66. The van der Waals surface area contributed by atoms with E-state index < -0.39 is 0 Å². The van der Waals surface area contributed by atoms with Crippen LogP contribution in [0.5, 0.6) is 0 Å². The van der Waals surface area contributed by atoms with E-state index in [1.165, 1.54) is 0 Å². The lowest BCUT2D eigenvalue weighted by Crippen LogP contribution is -2.09. The van der Waals surface area contributed by atoms with Gasteiger partial charge in [-0.05, 0) is 25.5 Å². The first-order chi connectivity index (χ1) is 8.16. The first-order valence-corrected chi connectivity index (χ1v) is 5.84. The molecule has 0 aliphatic carbocycles. The molecular formula is C13H14ClN3. The monoisotopic (exact) mass is 247 g/mol. The van der Waals surface area contributed by atoms with Crippen molar-refractivity contribution in [2.24, 2.45) is 0 Å². The molecule has 0 fully saturated rings. The zero-order chi connectivity index (χ0) is 12.3. The van der Waals surface area contributed by atoms with Crippen LogP contribution in [0.15, 0.2) is 36.7 Å². The van der Waals surface area contributed by atoms with Crippen LogP contribution in [0.2, 0.25) is 5.02 Å². The van der Waals surface area contributed by atoms with Gasteiger partial charge in [0.2, 0.25) is 0 Å². The second kappa shape index (κ2) is 5.15. The standard InChI is InChI=1S/C13H14ClN3/c1-9-7-15-8-13(16-9)17-10(2)11-5-3-4-6-12(11)14/h3-8,10H,1-2H3,(H,16,17)/t10-/m0/s1. The van der Waals surface area contributed by atoms with Crippen molar-refractivity contribution >= 4 is 17.4 Å². The predicted molar refractivity (Wildman–Crippen MR) is 70.3 cm³/mol. The van der Waals surface area contributed by atoms with E-state index >= 15 is 0 Å². The Morgan fingerprint density at radius 3 is 2.71 bits per heavy atom. The highest BCUT2D eigenvalue weighted by molar-refractivity contribution is 6.31. The topological polar surface area (TPSA) is 37.8 Å². The van der Waals surface area contributed by atoms with Gasteiger partial charge < -0.3 is 5.32 Å². The van der Waals surface area contributed by atoms with Crippen LogP contribution in [0.3, 0.4) is 0 Å². The second-order valence-corrected chi connectivity index (χ2v) is 4.34. The molecule has 0 saturated heterocycles. The van der Waals surface area contributed by atoms with Gasteiger partial charge in [0.05, 0.1) is 17.9 Å². The average molecular weight is 248 g/mol. The summed E-state index contributed by atoms with van der Waals surface area (Å²) < 4.78 is 0. The van der Waals surface area contributed by atoms with Crippen LogP contribution < -0.4 is 5.32 Å². The van der Waals surface area contributed by atoms with Crippen LogP contribution in [0.4, 0.5) is 5.82 Å². The van der Waals surface area contributed by atoms with E-state index in [1.54, 1.807) is 12.4 Å². The molecule has 88 valence electrons. The van der Waals surface area contributed by atoms with Crippen molar-refractivity contribution in [2.75, 3.05) is 5.32 Å². The summed E-state index contributed by atoms with van der Waals surface area (Å²) in [7, 11) is 0. The molecule has 0 radical (unpaired) electrons. The molecule has 0 amide bonds. The highest BCUT2D eigenvalue weighted by Gasteiger charge is 2.09. The lowest BCUT2D eigenvalue weighted by atomic mass is 10.1. The minimum atomic E-state index is 0.0970. The fraction of sp³-hybridized carbons (Fsp3) is 0.231. The number of aryl methyl sites for hydroxylation is 1. The lowest BCUT2D eigenvalue weighted by Gasteiger charge is -2.16. The van der Waals surface area contributed by atoms with Gasteiger partial charge in [-0.2, -0.15) is 0 Å². The molecule has 2 rings (SSSR count). The molecule has 1 atom stereocenters. The third-order valence-corrected chi connectivity index (χ3v) is 2.84. The van der Waals surface area contributed by atoms with E-state index in [0.29, 0.717) is 0 Å². The van der Waals surface area contributed by atoms with Gasteiger partial charge in [0.25, 0.3) is 0 Å². The zero-order valence-corrected chi connectivity index (χ0v) is 10.6. The Kier molecular flexibility index (Phi) is 3.59. The van der Waals surface area contributed by atoms with Crippen LogP contribution in [-0.2, 0) is 0 Å². The van der Waals surface area contributed by atoms with Crippen LogP contribution >= 0.6 is 11.6 Å². The van der Waals surface area contributed by atoms with E-state index in [0.717, 1.165) is 22.1 Å². The summed E-state index contributed by atoms with van der Waals surface area (Å²) in [5.74, 6) is 0.761. The maximum atomic E-state index is 6.14. The molecule has 1 aromatic carbocycles. The van der Waals surface area contributed by atoms with Crippen molar-refractivity contribution in [1.29, 1.82) is 0 Å². The number of nitrogens with one attached hydrogen (secondary N) is 1. The Balaban J connectivity index is 2.17. The molecule has 17 heavy (non-hydrogen) atoms. The predicted octanol–water partition coefficient (Wildman–Crippen LogP) is 3.61. The van der Waals surface area contributed by atoms with Gasteiger partial charge in [-0.3, -0.25) is 4.98 Å². The molecule has 1 N–H and O–H groups in total. The quantitative estimate of drug-likeness (QED) is 0.900. The lowest BCUT2D eigenvalue weighted by molar-refractivity contribution is 0.868. The van der Waals surface area contributed by atoms with Crippen molar-refractivity contribution in [2.45, 2.75) is 19.9 Å². The first kappa shape index (κ1) is 11.9. The summed E-state index contributed by atoms with van der Waals surface area (Å²) in [6.45, 7) is 3.96. The largest absolute Gasteiger partial charge is 0.362 e. The number of nitrogens with zero attached hydrogens (tertiary/aromatic N) is 2. The second-order valence-electron chi connectivity index (χ2n) is 3.93. The molecule has 0 aliphatic rings. The minimum Gasteiger partial charge on any atom is -0.362 e. The van der Waals surface area contributed by atoms with Crippen LogP contribution in [0.1, 0.15) is 24.2 Å². The summed E-state index contributed by atoms with van der Waals surface area (Å²) in [6.07, 6.45) is 3.44. The summed E-state index contributed by atoms with van der Waals surface area (Å²) in [4.78, 5) is 8.45. The van der Waals surface area contributed by atoms with Crippen molar-refractivity contribution in [3.63, 3.8) is 0 Å². The number of halogens is 1. The Morgan fingerprint density at radius 1 is 1.24 bits per heavy atom. The molecule has 2 aromatic rings. The SMILES string of the molecule is Cc1cncc(N[C@@H](C)c2ccccc2Cl)n1. The molecule has 0 aliphatic heterocycles. The first-order valence-electron chi connectivity index (χ1n) is 5.46. The van der Waals surface area contributed by atoms with Crippen molar-refractivity contribution in [1.82, 2.24) is 9.97 Å². The van der Waals surface area contributed by atoms with Gasteiger partial charge in [0.15, 0.2) is 0 Å². The average Bonchev–Trinajstić information content (AvgIpc) is 2.29. The van der Waals surface area contributed by atoms with E-state index in [1.807, 2.05) is 38.1 Å². The van der Waals surface area contributed by atoms with E-state index in [9.17, 15) is 0 Å². The molecule has 0 bridgehead atoms. The van der Waals surface area contributed by atoms with Gasteiger partial charge >= 0.3 is 0 Å². The normalized spacial score (nSPS) is 12.2. The summed E-state index contributed by atoms with van der Waals surface area (Å²) in [6, 6.07) is 7.88. The molecule has 0 unspecified atom stereocenters. The number of anilines is 1. The summed E-state index contributed by atoms with van der Waals surface area (Å²) in [5.41, 5.74) is 1.94.